The monoisotopic (exact) mass is 310 g/mol. The van der Waals surface area contributed by atoms with Gasteiger partial charge in [-0.05, 0) is 37.8 Å². The molecular weight excluding hydrogens is 288 g/mol. The minimum atomic E-state index is -3.23. The summed E-state index contributed by atoms with van der Waals surface area (Å²) in [5, 5.41) is 2.88. The van der Waals surface area contributed by atoms with Crippen LogP contribution in [0.1, 0.15) is 30.4 Å². The molecule has 1 aromatic carbocycles. The molecule has 5 nitrogen and oxygen atoms in total. The average molecular weight is 310 g/mol. The lowest BCUT2D eigenvalue weighted by molar-refractivity contribution is -0.116. The Hall–Kier alpha value is -1.40. The number of carbonyl (C=O) groups is 1. The molecule has 1 saturated carbocycles. The molecule has 0 radical (unpaired) electrons. The van der Waals surface area contributed by atoms with E-state index < -0.39 is 10.0 Å². The number of hydrogen-bond acceptors (Lipinski definition) is 3. The summed E-state index contributed by atoms with van der Waals surface area (Å²) < 4.78 is 24.8. The fourth-order valence-corrected chi connectivity index (χ4v) is 3.58. The van der Waals surface area contributed by atoms with Gasteiger partial charge in [-0.3, -0.25) is 4.79 Å². The summed E-state index contributed by atoms with van der Waals surface area (Å²) in [5.74, 6) is -0.151. The lowest BCUT2D eigenvalue weighted by atomic mass is 10.1. The minimum absolute atomic E-state index is 0.0907. The van der Waals surface area contributed by atoms with Gasteiger partial charge in [-0.2, -0.15) is 4.31 Å². The molecule has 1 aliphatic carbocycles. The molecule has 0 unspecified atom stereocenters. The Morgan fingerprint density at radius 3 is 2.33 bits per heavy atom. The number of nitrogens with one attached hydrogen (secondary N) is 1. The smallest absolute Gasteiger partial charge is 0.225 e. The summed E-state index contributed by atoms with van der Waals surface area (Å²) in [5.41, 5.74) is 2.83. The number of benzene rings is 1. The molecule has 1 amide bonds. The Morgan fingerprint density at radius 2 is 1.86 bits per heavy atom. The van der Waals surface area contributed by atoms with Crippen LogP contribution in [0.2, 0.25) is 0 Å². The van der Waals surface area contributed by atoms with Crippen LogP contribution in [0.5, 0.6) is 0 Å². The SMILES string of the molecule is Cc1cccc(C)c1NC(=O)CCN(C1CC1)S(C)(=O)=O. The highest BCUT2D eigenvalue weighted by molar-refractivity contribution is 7.88. The number of aryl methyl sites for hydroxylation is 2. The fourth-order valence-electron chi connectivity index (χ4n) is 2.41. The van der Waals surface area contributed by atoms with Gasteiger partial charge < -0.3 is 5.32 Å². The van der Waals surface area contributed by atoms with E-state index in [0.717, 1.165) is 29.7 Å². The van der Waals surface area contributed by atoms with Gasteiger partial charge in [-0.1, -0.05) is 18.2 Å². The Labute approximate surface area is 126 Å². The molecule has 0 aromatic heterocycles. The summed E-state index contributed by atoms with van der Waals surface area (Å²) in [4.78, 5) is 12.1. The molecule has 0 aliphatic heterocycles. The van der Waals surface area contributed by atoms with E-state index in [0.29, 0.717) is 0 Å². The Balaban J connectivity index is 1.96. The van der Waals surface area contributed by atoms with Gasteiger partial charge in [-0.15, -0.1) is 0 Å². The van der Waals surface area contributed by atoms with E-state index in [1.807, 2.05) is 32.0 Å². The standard InChI is InChI=1S/C15H22N2O3S/c1-11-5-4-6-12(2)15(11)16-14(18)9-10-17(13-7-8-13)21(3,19)20/h4-6,13H,7-10H2,1-3H3,(H,16,18). The van der Waals surface area contributed by atoms with E-state index in [4.69, 9.17) is 0 Å². The third-order valence-corrected chi connectivity index (χ3v) is 5.02. The second-order valence-corrected chi connectivity index (χ2v) is 7.60. The number of carbonyl (C=O) groups excluding carboxylic acids is 1. The van der Waals surface area contributed by atoms with Crippen LogP contribution < -0.4 is 5.32 Å². The van der Waals surface area contributed by atoms with E-state index in [1.165, 1.54) is 10.6 Å². The van der Waals surface area contributed by atoms with Crippen LogP contribution in [-0.2, 0) is 14.8 Å². The molecule has 1 aliphatic rings. The second kappa shape index (κ2) is 6.15. The summed E-state index contributed by atoms with van der Waals surface area (Å²) in [7, 11) is -3.23. The van der Waals surface area contributed by atoms with Crippen LogP contribution in [0, 0.1) is 13.8 Å². The molecule has 0 spiro atoms. The molecule has 1 aromatic rings. The molecule has 6 heteroatoms. The number of nitrogens with zero attached hydrogens (tertiary/aromatic N) is 1. The predicted octanol–water partition coefficient (Wildman–Crippen LogP) is 2.06. The highest BCUT2D eigenvalue weighted by atomic mass is 32.2. The van der Waals surface area contributed by atoms with Crippen molar-refractivity contribution in [1.29, 1.82) is 0 Å². The first-order chi connectivity index (χ1) is 9.79. The van der Waals surface area contributed by atoms with Crippen LogP contribution in [0.15, 0.2) is 18.2 Å². The van der Waals surface area contributed by atoms with Crippen molar-refractivity contribution < 1.29 is 13.2 Å². The number of sulfonamides is 1. The first-order valence-corrected chi connectivity index (χ1v) is 8.97. The Bertz CT molecular complexity index is 616. The van der Waals surface area contributed by atoms with E-state index in [9.17, 15) is 13.2 Å². The zero-order chi connectivity index (χ0) is 15.6. The van der Waals surface area contributed by atoms with E-state index >= 15 is 0 Å². The van der Waals surface area contributed by atoms with E-state index in [1.54, 1.807) is 0 Å². The normalized spacial score (nSPS) is 15.2. The highest BCUT2D eigenvalue weighted by Crippen LogP contribution is 2.29. The average Bonchev–Trinajstić information content (AvgIpc) is 3.17. The minimum Gasteiger partial charge on any atom is -0.326 e. The number of anilines is 1. The third-order valence-electron chi connectivity index (χ3n) is 3.68. The number of para-hydroxylation sites is 1. The number of hydrogen-bond donors (Lipinski definition) is 1. The first kappa shape index (κ1) is 16.0. The maximum absolute atomic E-state index is 12.1. The largest absolute Gasteiger partial charge is 0.326 e. The van der Waals surface area contributed by atoms with E-state index in [-0.39, 0.29) is 24.9 Å². The maximum Gasteiger partial charge on any atom is 0.225 e. The molecule has 0 heterocycles. The van der Waals surface area contributed by atoms with Gasteiger partial charge >= 0.3 is 0 Å². The van der Waals surface area contributed by atoms with Crippen LogP contribution in [0.3, 0.4) is 0 Å². The van der Waals surface area contributed by atoms with Crippen molar-refractivity contribution in [3.8, 4) is 0 Å². The van der Waals surface area contributed by atoms with Crippen molar-refractivity contribution in [3.63, 3.8) is 0 Å². The summed E-state index contributed by atoms with van der Waals surface area (Å²) >= 11 is 0. The van der Waals surface area contributed by atoms with Crippen LogP contribution >= 0.6 is 0 Å². The third kappa shape index (κ3) is 4.28. The van der Waals surface area contributed by atoms with Crippen molar-refractivity contribution in [2.75, 3.05) is 18.1 Å². The summed E-state index contributed by atoms with van der Waals surface area (Å²) in [6.07, 6.45) is 3.17. The molecule has 21 heavy (non-hydrogen) atoms. The van der Waals surface area contributed by atoms with Gasteiger partial charge in [-0.25, -0.2) is 8.42 Å². The summed E-state index contributed by atoms with van der Waals surface area (Å²) in [6, 6.07) is 5.91. The molecule has 0 saturated heterocycles. The van der Waals surface area contributed by atoms with Crippen molar-refractivity contribution in [2.45, 2.75) is 39.2 Å². The Kier molecular flexibility index (Phi) is 4.68. The van der Waals surface area contributed by atoms with Gasteiger partial charge in [0.05, 0.1) is 6.26 Å². The van der Waals surface area contributed by atoms with Crippen molar-refractivity contribution >= 4 is 21.6 Å². The van der Waals surface area contributed by atoms with Crippen molar-refractivity contribution in [3.05, 3.63) is 29.3 Å². The van der Waals surface area contributed by atoms with Crippen LogP contribution in [-0.4, -0.2) is 37.5 Å². The van der Waals surface area contributed by atoms with Gasteiger partial charge in [0.1, 0.15) is 0 Å². The van der Waals surface area contributed by atoms with E-state index in [2.05, 4.69) is 5.32 Å². The van der Waals surface area contributed by atoms with Gasteiger partial charge in [0, 0.05) is 24.7 Å². The molecule has 1 fully saturated rings. The quantitative estimate of drug-likeness (QED) is 0.874. The first-order valence-electron chi connectivity index (χ1n) is 7.12. The van der Waals surface area contributed by atoms with Gasteiger partial charge in [0.15, 0.2) is 0 Å². The number of rotatable bonds is 6. The molecule has 1 N–H and O–H groups in total. The zero-order valence-electron chi connectivity index (χ0n) is 12.7. The van der Waals surface area contributed by atoms with Gasteiger partial charge in [0.2, 0.25) is 15.9 Å². The van der Waals surface area contributed by atoms with Crippen molar-refractivity contribution in [1.82, 2.24) is 4.31 Å². The highest BCUT2D eigenvalue weighted by Gasteiger charge is 2.34. The molecular formula is C15H22N2O3S. The van der Waals surface area contributed by atoms with Crippen LogP contribution in [0.25, 0.3) is 0 Å². The predicted molar refractivity (Wildman–Crippen MR) is 83.7 cm³/mol. The maximum atomic E-state index is 12.1. The zero-order valence-corrected chi connectivity index (χ0v) is 13.5. The Morgan fingerprint density at radius 1 is 1.29 bits per heavy atom. The molecule has 0 atom stereocenters. The fraction of sp³-hybridized carbons (Fsp3) is 0.533. The lowest BCUT2D eigenvalue weighted by Crippen LogP contribution is -2.34. The second-order valence-electron chi connectivity index (χ2n) is 5.67. The van der Waals surface area contributed by atoms with Crippen LogP contribution in [0.4, 0.5) is 5.69 Å². The van der Waals surface area contributed by atoms with Crippen molar-refractivity contribution in [2.24, 2.45) is 0 Å². The topological polar surface area (TPSA) is 66.5 Å². The summed E-state index contributed by atoms with van der Waals surface area (Å²) in [6.45, 7) is 4.13. The molecule has 2 rings (SSSR count). The number of amides is 1. The molecule has 0 bridgehead atoms. The lowest BCUT2D eigenvalue weighted by Gasteiger charge is -2.19. The van der Waals surface area contributed by atoms with Gasteiger partial charge in [0.25, 0.3) is 0 Å². The molecule has 116 valence electrons.